The Balaban J connectivity index is 0.00000196. The van der Waals surface area contributed by atoms with E-state index in [1.807, 2.05) is 7.05 Å². The first-order valence-electron chi connectivity index (χ1n) is 5.32. The largest absolute Gasteiger partial charge is 0.381 e. The van der Waals surface area contributed by atoms with Crippen LogP contribution in [-0.4, -0.2) is 39.3 Å². The van der Waals surface area contributed by atoms with Gasteiger partial charge >= 0.3 is 0 Å². The lowest BCUT2D eigenvalue weighted by atomic mass is 10.4. The predicted octanol–water partition coefficient (Wildman–Crippen LogP) is 0.560. The monoisotopic (exact) mass is 236 g/mol. The van der Waals surface area contributed by atoms with Gasteiger partial charge in [-0.2, -0.15) is 0 Å². The molecule has 1 fully saturated rings. The molecule has 1 saturated carbocycles. The van der Waals surface area contributed by atoms with Crippen molar-refractivity contribution in [2.45, 2.75) is 19.3 Å². The third-order valence-corrected chi connectivity index (χ3v) is 2.22. The van der Waals surface area contributed by atoms with Gasteiger partial charge in [0.05, 0.1) is 6.61 Å². The van der Waals surface area contributed by atoms with Gasteiger partial charge in [-0.05, 0) is 25.8 Å². The molecule has 0 aliphatic heterocycles. The summed E-state index contributed by atoms with van der Waals surface area (Å²) in [6.45, 7) is 2.90. The molecule has 0 heterocycles. The highest BCUT2D eigenvalue weighted by molar-refractivity contribution is 5.85. The fourth-order valence-corrected chi connectivity index (χ4v) is 1.11. The smallest absolute Gasteiger partial charge is 0.222 e. The first kappa shape index (κ1) is 14.7. The number of hydrogen-bond acceptors (Lipinski definition) is 3. The second-order valence-electron chi connectivity index (χ2n) is 3.72. The Kier molecular flexibility index (Phi) is 8.76. The summed E-state index contributed by atoms with van der Waals surface area (Å²) in [6.07, 6.45) is 3.08. The third-order valence-electron chi connectivity index (χ3n) is 2.22. The Morgan fingerprint density at radius 3 is 2.73 bits per heavy atom. The summed E-state index contributed by atoms with van der Waals surface area (Å²) in [6, 6.07) is 0. The maximum absolute atomic E-state index is 11.2. The number of likely N-dealkylation sites (N-methyl/N-ethyl adjacent to an activating group) is 1. The minimum Gasteiger partial charge on any atom is -0.381 e. The first-order valence-corrected chi connectivity index (χ1v) is 5.32. The van der Waals surface area contributed by atoms with Crippen LogP contribution in [0.1, 0.15) is 19.3 Å². The molecule has 0 aromatic carbocycles. The second-order valence-corrected chi connectivity index (χ2v) is 3.72. The van der Waals surface area contributed by atoms with Crippen molar-refractivity contribution in [3.8, 4) is 0 Å². The zero-order chi connectivity index (χ0) is 10.2. The molecule has 0 unspecified atom stereocenters. The maximum atomic E-state index is 11.2. The van der Waals surface area contributed by atoms with Crippen LogP contribution >= 0.6 is 12.4 Å². The zero-order valence-electron chi connectivity index (χ0n) is 9.25. The van der Waals surface area contributed by atoms with Crippen LogP contribution in [0.25, 0.3) is 0 Å². The van der Waals surface area contributed by atoms with Crippen molar-refractivity contribution in [2.24, 2.45) is 5.92 Å². The molecule has 1 amide bonds. The predicted molar refractivity (Wildman–Crippen MR) is 62.3 cm³/mol. The van der Waals surface area contributed by atoms with Crippen LogP contribution < -0.4 is 10.6 Å². The molecule has 0 spiro atoms. The number of carbonyl (C=O) groups excluding carboxylic acids is 1. The van der Waals surface area contributed by atoms with E-state index in [0.717, 1.165) is 19.1 Å². The SMILES string of the molecule is CNCCNC(=O)CCOCC1CC1.Cl. The third kappa shape index (κ3) is 8.66. The summed E-state index contributed by atoms with van der Waals surface area (Å²) in [5, 5.41) is 5.77. The number of rotatable bonds is 8. The molecule has 1 aliphatic carbocycles. The van der Waals surface area contributed by atoms with Gasteiger partial charge < -0.3 is 15.4 Å². The van der Waals surface area contributed by atoms with Crippen molar-refractivity contribution in [2.75, 3.05) is 33.4 Å². The lowest BCUT2D eigenvalue weighted by Crippen LogP contribution is -2.30. The van der Waals surface area contributed by atoms with Gasteiger partial charge in [-0.25, -0.2) is 0 Å². The van der Waals surface area contributed by atoms with Crippen LogP contribution in [0.5, 0.6) is 0 Å². The van der Waals surface area contributed by atoms with Gasteiger partial charge in [-0.1, -0.05) is 0 Å². The van der Waals surface area contributed by atoms with E-state index in [1.165, 1.54) is 12.8 Å². The van der Waals surface area contributed by atoms with Crippen LogP contribution in [0, 0.1) is 5.92 Å². The standard InChI is InChI=1S/C10H20N2O2.ClH/c1-11-5-6-12-10(13)4-7-14-8-9-2-3-9;/h9,11H,2-8H2,1H3,(H,12,13);1H. The molecular weight excluding hydrogens is 216 g/mol. The Labute approximate surface area is 97.5 Å². The van der Waals surface area contributed by atoms with Crippen LogP contribution in [0.2, 0.25) is 0 Å². The molecule has 90 valence electrons. The average molecular weight is 237 g/mol. The molecule has 0 aromatic heterocycles. The van der Waals surface area contributed by atoms with E-state index in [9.17, 15) is 4.79 Å². The van der Waals surface area contributed by atoms with E-state index in [4.69, 9.17) is 4.74 Å². The molecule has 0 saturated heterocycles. The Hall–Kier alpha value is -0.320. The number of nitrogens with one attached hydrogen (secondary N) is 2. The Morgan fingerprint density at radius 2 is 2.13 bits per heavy atom. The van der Waals surface area contributed by atoms with Crippen LogP contribution in [0.3, 0.4) is 0 Å². The molecule has 0 atom stereocenters. The van der Waals surface area contributed by atoms with Gasteiger partial charge in [0, 0.05) is 26.1 Å². The van der Waals surface area contributed by atoms with Crippen LogP contribution in [-0.2, 0) is 9.53 Å². The average Bonchev–Trinajstić information content (AvgIpc) is 2.97. The summed E-state index contributed by atoms with van der Waals surface area (Å²) in [5.74, 6) is 0.860. The quantitative estimate of drug-likeness (QED) is 0.606. The highest BCUT2D eigenvalue weighted by Crippen LogP contribution is 2.28. The summed E-state index contributed by atoms with van der Waals surface area (Å²) in [5.41, 5.74) is 0. The van der Waals surface area contributed by atoms with Gasteiger partial charge in [0.2, 0.25) is 5.91 Å². The molecule has 0 bridgehead atoms. The van der Waals surface area contributed by atoms with Crippen molar-refractivity contribution >= 4 is 18.3 Å². The normalized spacial score (nSPS) is 14.5. The lowest BCUT2D eigenvalue weighted by molar-refractivity contribution is -0.122. The van der Waals surface area contributed by atoms with E-state index >= 15 is 0 Å². The minimum atomic E-state index is 0. The molecule has 4 nitrogen and oxygen atoms in total. The van der Waals surface area contributed by atoms with Crippen molar-refractivity contribution in [1.82, 2.24) is 10.6 Å². The fourth-order valence-electron chi connectivity index (χ4n) is 1.11. The highest BCUT2D eigenvalue weighted by atomic mass is 35.5. The van der Waals surface area contributed by atoms with Gasteiger partial charge in [-0.3, -0.25) is 4.79 Å². The molecule has 1 rings (SSSR count). The summed E-state index contributed by atoms with van der Waals surface area (Å²) in [4.78, 5) is 11.2. The number of ether oxygens (including phenoxy) is 1. The molecule has 1 aliphatic rings. The molecule has 0 radical (unpaired) electrons. The fraction of sp³-hybridized carbons (Fsp3) is 0.900. The number of halogens is 1. The molecular formula is C10H21ClN2O2. The van der Waals surface area contributed by atoms with Crippen molar-refractivity contribution in [1.29, 1.82) is 0 Å². The van der Waals surface area contributed by atoms with Gasteiger partial charge in [0.1, 0.15) is 0 Å². The summed E-state index contributed by atoms with van der Waals surface area (Å²) in [7, 11) is 1.87. The molecule has 15 heavy (non-hydrogen) atoms. The summed E-state index contributed by atoms with van der Waals surface area (Å²) < 4.78 is 5.36. The highest BCUT2D eigenvalue weighted by Gasteiger charge is 2.20. The zero-order valence-corrected chi connectivity index (χ0v) is 10.1. The van der Waals surface area contributed by atoms with Crippen LogP contribution in [0.4, 0.5) is 0 Å². The van der Waals surface area contributed by atoms with E-state index in [2.05, 4.69) is 10.6 Å². The number of hydrogen-bond donors (Lipinski definition) is 2. The van der Waals surface area contributed by atoms with Gasteiger partial charge in [-0.15, -0.1) is 12.4 Å². The maximum Gasteiger partial charge on any atom is 0.222 e. The second kappa shape index (κ2) is 8.95. The lowest BCUT2D eigenvalue weighted by Gasteiger charge is -2.05. The van der Waals surface area contributed by atoms with E-state index in [1.54, 1.807) is 0 Å². The van der Waals surface area contributed by atoms with Crippen molar-refractivity contribution in [3.63, 3.8) is 0 Å². The Bertz CT molecular complexity index is 175. The van der Waals surface area contributed by atoms with E-state index < -0.39 is 0 Å². The van der Waals surface area contributed by atoms with E-state index in [0.29, 0.717) is 19.6 Å². The first-order chi connectivity index (χ1) is 6.83. The van der Waals surface area contributed by atoms with Crippen molar-refractivity contribution < 1.29 is 9.53 Å². The summed E-state index contributed by atoms with van der Waals surface area (Å²) >= 11 is 0. The van der Waals surface area contributed by atoms with Gasteiger partial charge in [0.15, 0.2) is 0 Å². The van der Waals surface area contributed by atoms with E-state index in [-0.39, 0.29) is 18.3 Å². The number of carbonyl (C=O) groups is 1. The van der Waals surface area contributed by atoms with Crippen molar-refractivity contribution in [3.05, 3.63) is 0 Å². The van der Waals surface area contributed by atoms with Gasteiger partial charge in [0.25, 0.3) is 0 Å². The van der Waals surface area contributed by atoms with Crippen LogP contribution in [0.15, 0.2) is 0 Å². The number of amides is 1. The topological polar surface area (TPSA) is 50.4 Å². The molecule has 0 aromatic rings. The Morgan fingerprint density at radius 1 is 1.40 bits per heavy atom. The molecule has 2 N–H and O–H groups in total. The molecule has 5 heteroatoms. The minimum absolute atomic E-state index is 0.